The summed E-state index contributed by atoms with van der Waals surface area (Å²) < 4.78 is 4.67. The van der Waals surface area contributed by atoms with Crippen molar-refractivity contribution in [2.45, 2.75) is 26.7 Å². The fourth-order valence-corrected chi connectivity index (χ4v) is 1.22. The summed E-state index contributed by atoms with van der Waals surface area (Å²) in [5.74, 6) is -0.396. The Bertz CT molecular complexity index is 374. The molecule has 0 aliphatic carbocycles. The number of carbonyl (C=O) groups excluding carboxylic acids is 2. The molecule has 2 amide bonds. The number of unbranched alkanes of at least 4 members (excludes halogenated alkanes) is 1. The first-order valence-electron chi connectivity index (χ1n) is 6.68. The second kappa shape index (κ2) is 11.8. The number of alkyl carbamates (subject to hydrolysis) is 1. The Morgan fingerprint density at radius 2 is 1.95 bits per heavy atom. The molecular formula is C13H22N4O3. The van der Waals surface area contributed by atoms with Crippen LogP contribution in [-0.2, 0) is 9.53 Å². The van der Waals surface area contributed by atoms with E-state index in [9.17, 15) is 9.59 Å². The van der Waals surface area contributed by atoms with Gasteiger partial charge >= 0.3 is 6.09 Å². The summed E-state index contributed by atoms with van der Waals surface area (Å²) in [4.78, 5) is 22.5. The van der Waals surface area contributed by atoms with Crippen molar-refractivity contribution in [2.24, 2.45) is 0 Å². The first-order chi connectivity index (χ1) is 9.65. The number of hydrogen-bond donors (Lipinski definition) is 3. The van der Waals surface area contributed by atoms with Crippen molar-refractivity contribution >= 4 is 12.0 Å². The molecule has 0 aliphatic heterocycles. The highest BCUT2D eigenvalue weighted by molar-refractivity contribution is 5.97. The summed E-state index contributed by atoms with van der Waals surface area (Å²) in [7, 11) is 0. The van der Waals surface area contributed by atoms with E-state index < -0.39 is 12.0 Å². The molecule has 0 unspecified atom stereocenters. The van der Waals surface area contributed by atoms with E-state index in [-0.39, 0.29) is 5.57 Å². The molecule has 0 fully saturated rings. The fraction of sp³-hybridized carbons (Fsp3) is 0.615. The van der Waals surface area contributed by atoms with Crippen LogP contribution in [-0.4, -0.2) is 38.2 Å². The molecule has 0 saturated carbocycles. The number of nitrogens with zero attached hydrogens (tertiary/aromatic N) is 1. The van der Waals surface area contributed by atoms with Crippen molar-refractivity contribution in [3.05, 3.63) is 11.8 Å². The summed E-state index contributed by atoms with van der Waals surface area (Å²) in [6.07, 6.45) is 2.70. The van der Waals surface area contributed by atoms with Crippen molar-refractivity contribution in [1.82, 2.24) is 16.0 Å². The van der Waals surface area contributed by atoms with E-state index in [1.165, 1.54) is 6.20 Å². The zero-order valence-corrected chi connectivity index (χ0v) is 12.0. The van der Waals surface area contributed by atoms with Gasteiger partial charge in [0.1, 0.15) is 11.6 Å². The smallest absolute Gasteiger partial charge is 0.407 e. The van der Waals surface area contributed by atoms with Gasteiger partial charge in [0.25, 0.3) is 5.91 Å². The fourth-order valence-electron chi connectivity index (χ4n) is 1.22. The number of nitriles is 1. The maximum Gasteiger partial charge on any atom is 0.407 e. The molecule has 0 spiro atoms. The van der Waals surface area contributed by atoms with E-state index in [0.29, 0.717) is 26.2 Å². The molecular weight excluding hydrogens is 260 g/mol. The van der Waals surface area contributed by atoms with Gasteiger partial charge < -0.3 is 20.7 Å². The molecule has 0 heterocycles. The minimum atomic E-state index is -0.490. The van der Waals surface area contributed by atoms with Crippen LogP contribution in [0.1, 0.15) is 26.7 Å². The lowest BCUT2D eigenvalue weighted by atomic mass is 10.3. The van der Waals surface area contributed by atoms with Crippen LogP contribution in [0.3, 0.4) is 0 Å². The number of ether oxygens (including phenoxy) is 1. The highest BCUT2D eigenvalue weighted by Crippen LogP contribution is 1.91. The number of carbonyl (C=O) groups is 2. The lowest BCUT2D eigenvalue weighted by molar-refractivity contribution is -0.117. The molecule has 0 aromatic carbocycles. The monoisotopic (exact) mass is 282 g/mol. The minimum Gasteiger partial charge on any atom is -0.450 e. The van der Waals surface area contributed by atoms with Crippen LogP contribution in [0, 0.1) is 11.3 Å². The topological polar surface area (TPSA) is 103 Å². The van der Waals surface area contributed by atoms with Crippen LogP contribution in [0.4, 0.5) is 4.79 Å². The van der Waals surface area contributed by atoms with Crippen molar-refractivity contribution in [3.8, 4) is 6.07 Å². The lowest BCUT2D eigenvalue weighted by Crippen LogP contribution is -2.31. The van der Waals surface area contributed by atoms with E-state index in [0.717, 1.165) is 12.8 Å². The van der Waals surface area contributed by atoms with E-state index >= 15 is 0 Å². The molecule has 7 nitrogen and oxygen atoms in total. The summed E-state index contributed by atoms with van der Waals surface area (Å²) in [6.45, 7) is 5.34. The van der Waals surface area contributed by atoms with Crippen LogP contribution in [0.25, 0.3) is 0 Å². The Morgan fingerprint density at radius 3 is 2.55 bits per heavy atom. The predicted molar refractivity (Wildman–Crippen MR) is 74.6 cm³/mol. The van der Waals surface area contributed by atoms with E-state index in [1.54, 1.807) is 6.92 Å². The molecule has 0 bridgehead atoms. The molecule has 0 aromatic heterocycles. The number of rotatable bonds is 9. The van der Waals surface area contributed by atoms with Crippen molar-refractivity contribution in [2.75, 3.05) is 26.2 Å². The lowest BCUT2D eigenvalue weighted by Gasteiger charge is -2.06. The Labute approximate surface area is 119 Å². The van der Waals surface area contributed by atoms with Crippen molar-refractivity contribution < 1.29 is 14.3 Å². The van der Waals surface area contributed by atoms with Crippen molar-refractivity contribution in [3.63, 3.8) is 0 Å². The molecule has 0 atom stereocenters. The Morgan fingerprint density at radius 1 is 1.20 bits per heavy atom. The highest BCUT2D eigenvalue weighted by Gasteiger charge is 2.07. The number of hydrogen-bond acceptors (Lipinski definition) is 5. The Kier molecular flexibility index (Phi) is 10.5. The molecule has 3 N–H and O–H groups in total. The van der Waals surface area contributed by atoms with Crippen LogP contribution < -0.4 is 16.0 Å². The molecule has 0 saturated heterocycles. The molecule has 20 heavy (non-hydrogen) atoms. The van der Waals surface area contributed by atoms with Gasteiger partial charge in [0, 0.05) is 25.8 Å². The quantitative estimate of drug-likeness (QED) is 0.327. The van der Waals surface area contributed by atoms with Crippen LogP contribution in [0.5, 0.6) is 0 Å². The van der Waals surface area contributed by atoms with Crippen LogP contribution in [0.2, 0.25) is 0 Å². The van der Waals surface area contributed by atoms with E-state index in [4.69, 9.17) is 5.26 Å². The van der Waals surface area contributed by atoms with Gasteiger partial charge in [0.15, 0.2) is 0 Å². The summed E-state index contributed by atoms with van der Waals surface area (Å²) in [5.41, 5.74) is 0.0113. The Balaban J connectivity index is 3.93. The average Bonchev–Trinajstić information content (AvgIpc) is 2.43. The Hall–Kier alpha value is -2.23. The summed E-state index contributed by atoms with van der Waals surface area (Å²) >= 11 is 0. The minimum absolute atomic E-state index is 0.0113. The second-order valence-electron chi connectivity index (χ2n) is 3.88. The van der Waals surface area contributed by atoms with E-state index in [2.05, 4.69) is 20.7 Å². The number of nitrogens with one attached hydrogen (secondary N) is 3. The first-order valence-corrected chi connectivity index (χ1v) is 6.68. The third-order valence-electron chi connectivity index (χ3n) is 2.24. The van der Waals surface area contributed by atoms with Gasteiger partial charge in [-0.05, 0) is 13.3 Å². The van der Waals surface area contributed by atoms with Gasteiger partial charge in [-0.15, -0.1) is 0 Å². The summed E-state index contributed by atoms with van der Waals surface area (Å²) in [5, 5.41) is 16.8. The maximum absolute atomic E-state index is 11.6. The normalized spacial score (nSPS) is 10.3. The first kappa shape index (κ1) is 17.8. The standard InChI is InChI=1S/C13H22N4O3/c1-3-5-6-16-12(18)11(9-14)10-15-7-8-17-13(19)20-4-2/h10,15H,3-8H2,1-2H3,(H,16,18)(H,17,19)/b11-10-. The van der Waals surface area contributed by atoms with Crippen LogP contribution >= 0.6 is 0 Å². The second-order valence-corrected chi connectivity index (χ2v) is 3.88. The van der Waals surface area contributed by atoms with Gasteiger partial charge in [-0.3, -0.25) is 4.79 Å². The molecule has 0 aliphatic rings. The zero-order valence-electron chi connectivity index (χ0n) is 12.0. The van der Waals surface area contributed by atoms with Gasteiger partial charge in [-0.1, -0.05) is 13.3 Å². The van der Waals surface area contributed by atoms with Gasteiger partial charge in [0.2, 0.25) is 0 Å². The third-order valence-corrected chi connectivity index (χ3v) is 2.24. The summed E-state index contributed by atoms with van der Waals surface area (Å²) in [6, 6.07) is 1.82. The zero-order chi connectivity index (χ0) is 15.2. The molecule has 0 aromatic rings. The average molecular weight is 282 g/mol. The van der Waals surface area contributed by atoms with E-state index in [1.807, 2.05) is 13.0 Å². The van der Waals surface area contributed by atoms with Gasteiger partial charge in [0.05, 0.1) is 6.61 Å². The predicted octanol–water partition coefficient (Wildman–Crippen LogP) is 0.646. The third kappa shape index (κ3) is 8.80. The largest absolute Gasteiger partial charge is 0.450 e. The van der Waals surface area contributed by atoms with Gasteiger partial charge in [-0.25, -0.2) is 4.79 Å². The highest BCUT2D eigenvalue weighted by atomic mass is 16.5. The molecule has 0 rings (SSSR count). The molecule has 112 valence electrons. The number of amides is 2. The maximum atomic E-state index is 11.6. The van der Waals surface area contributed by atoms with Gasteiger partial charge in [-0.2, -0.15) is 5.26 Å². The van der Waals surface area contributed by atoms with Crippen molar-refractivity contribution in [1.29, 1.82) is 5.26 Å². The molecule has 0 radical (unpaired) electrons. The molecule has 7 heteroatoms. The van der Waals surface area contributed by atoms with Crippen LogP contribution in [0.15, 0.2) is 11.8 Å². The SMILES string of the molecule is CCCCNC(=O)/C(C#N)=C\NCCNC(=O)OCC.